The Morgan fingerprint density at radius 1 is 1.17 bits per heavy atom. The summed E-state index contributed by atoms with van der Waals surface area (Å²) in [5, 5.41) is 7.32. The summed E-state index contributed by atoms with van der Waals surface area (Å²) in [6.07, 6.45) is 3.53. The Kier molecular flexibility index (Phi) is 3.59. The van der Waals surface area contributed by atoms with E-state index in [1.54, 1.807) is 35.1 Å². The maximum atomic E-state index is 12.4. The SMILES string of the molecule is O=C(Nc1cc2c(cc1Cl)OCO2)c1ccc(-n2cccn2)cc1. The molecule has 2 heterocycles. The lowest BCUT2D eigenvalue weighted by Gasteiger charge is -2.09. The zero-order valence-electron chi connectivity index (χ0n) is 12.4. The van der Waals surface area contributed by atoms with Crippen molar-refractivity contribution >= 4 is 23.2 Å². The molecule has 2 aromatic carbocycles. The number of hydrogen-bond donors (Lipinski definition) is 1. The maximum Gasteiger partial charge on any atom is 0.255 e. The minimum absolute atomic E-state index is 0.151. The monoisotopic (exact) mass is 341 g/mol. The Hall–Kier alpha value is -2.99. The molecule has 0 fully saturated rings. The third-order valence-electron chi connectivity index (χ3n) is 3.61. The number of benzene rings is 2. The minimum atomic E-state index is -0.261. The number of anilines is 1. The second-order valence-electron chi connectivity index (χ2n) is 5.14. The molecule has 4 rings (SSSR count). The standard InChI is InChI=1S/C17H12ClN3O3/c18-13-8-15-16(24-10-23-15)9-14(13)20-17(22)11-2-4-12(5-3-11)21-7-1-6-19-21/h1-9H,10H2,(H,20,22). The summed E-state index contributed by atoms with van der Waals surface area (Å²) in [5.41, 5.74) is 1.86. The van der Waals surface area contributed by atoms with Crippen LogP contribution >= 0.6 is 11.6 Å². The first-order chi connectivity index (χ1) is 11.7. The van der Waals surface area contributed by atoms with Gasteiger partial charge in [-0.1, -0.05) is 11.6 Å². The molecule has 0 saturated heterocycles. The first kappa shape index (κ1) is 14.6. The van der Waals surface area contributed by atoms with E-state index >= 15 is 0 Å². The van der Waals surface area contributed by atoms with E-state index in [4.69, 9.17) is 21.1 Å². The van der Waals surface area contributed by atoms with Crippen molar-refractivity contribution in [3.8, 4) is 17.2 Å². The van der Waals surface area contributed by atoms with Crippen molar-refractivity contribution < 1.29 is 14.3 Å². The van der Waals surface area contributed by atoms with Gasteiger partial charge in [-0.2, -0.15) is 5.10 Å². The smallest absolute Gasteiger partial charge is 0.255 e. The number of aromatic nitrogens is 2. The molecule has 1 N–H and O–H groups in total. The third kappa shape index (κ3) is 2.68. The number of amides is 1. The largest absolute Gasteiger partial charge is 0.454 e. The van der Waals surface area contributed by atoms with Gasteiger partial charge < -0.3 is 14.8 Å². The van der Waals surface area contributed by atoms with Crippen molar-refractivity contribution in [2.75, 3.05) is 12.1 Å². The Morgan fingerprint density at radius 2 is 1.92 bits per heavy atom. The number of carbonyl (C=O) groups is 1. The molecule has 0 atom stereocenters. The molecular formula is C17H12ClN3O3. The summed E-state index contributed by atoms with van der Waals surface area (Å²) in [5.74, 6) is 0.869. The van der Waals surface area contributed by atoms with E-state index in [-0.39, 0.29) is 12.7 Å². The van der Waals surface area contributed by atoms with Crippen LogP contribution in [0.5, 0.6) is 11.5 Å². The van der Waals surface area contributed by atoms with Gasteiger partial charge in [-0.05, 0) is 30.3 Å². The van der Waals surface area contributed by atoms with Gasteiger partial charge in [-0.3, -0.25) is 4.79 Å². The summed E-state index contributed by atoms with van der Waals surface area (Å²) in [6.45, 7) is 0.151. The molecule has 120 valence electrons. The van der Waals surface area contributed by atoms with Crippen LogP contribution in [0.2, 0.25) is 5.02 Å². The fourth-order valence-electron chi connectivity index (χ4n) is 2.39. The second-order valence-corrected chi connectivity index (χ2v) is 5.54. The third-order valence-corrected chi connectivity index (χ3v) is 3.92. The number of hydrogen-bond acceptors (Lipinski definition) is 4. The van der Waals surface area contributed by atoms with Crippen molar-refractivity contribution in [3.05, 3.63) is 65.4 Å². The average molecular weight is 342 g/mol. The number of rotatable bonds is 3. The van der Waals surface area contributed by atoms with E-state index in [9.17, 15) is 4.79 Å². The quantitative estimate of drug-likeness (QED) is 0.791. The van der Waals surface area contributed by atoms with Crippen LogP contribution in [-0.4, -0.2) is 22.5 Å². The Morgan fingerprint density at radius 3 is 2.62 bits per heavy atom. The number of carbonyl (C=O) groups excluding carboxylic acids is 1. The van der Waals surface area contributed by atoms with E-state index in [0.717, 1.165) is 5.69 Å². The predicted octanol–water partition coefficient (Wildman–Crippen LogP) is 3.51. The molecule has 3 aromatic rings. The van der Waals surface area contributed by atoms with E-state index in [0.29, 0.717) is 27.8 Å². The highest BCUT2D eigenvalue weighted by Crippen LogP contribution is 2.39. The normalized spacial score (nSPS) is 12.2. The molecule has 0 spiro atoms. The van der Waals surface area contributed by atoms with Gasteiger partial charge in [0.1, 0.15) is 0 Å². The molecule has 1 amide bonds. The van der Waals surface area contributed by atoms with Crippen LogP contribution in [0.15, 0.2) is 54.9 Å². The van der Waals surface area contributed by atoms with Crippen molar-refractivity contribution in [2.24, 2.45) is 0 Å². The zero-order chi connectivity index (χ0) is 16.5. The van der Waals surface area contributed by atoms with E-state index in [2.05, 4.69) is 10.4 Å². The van der Waals surface area contributed by atoms with Crippen molar-refractivity contribution in [3.63, 3.8) is 0 Å². The molecule has 0 radical (unpaired) electrons. The molecule has 1 aliphatic rings. The average Bonchev–Trinajstić information content (AvgIpc) is 3.26. The van der Waals surface area contributed by atoms with Crippen LogP contribution in [0.25, 0.3) is 5.69 Å². The number of nitrogens with one attached hydrogen (secondary N) is 1. The van der Waals surface area contributed by atoms with Gasteiger partial charge in [0.05, 0.1) is 16.4 Å². The molecule has 1 aliphatic heterocycles. The molecule has 0 bridgehead atoms. The van der Waals surface area contributed by atoms with Gasteiger partial charge in [0.15, 0.2) is 11.5 Å². The van der Waals surface area contributed by atoms with Gasteiger partial charge in [0.25, 0.3) is 5.91 Å². The van der Waals surface area contributed by atoms with Gasteiger partial charge in [0.2, 0.25) is 6.79 Å². The van der Waals surface area contributed by atoms with Crippen LogP contribution in [0.3, 0.4) is 0 Å². The predicted molar refractivity (Wildman–Crippen MR) is 89.1 cm³/mol. The number of nitrogens with zero attached hydrogens (tertiary/aromatic N) is 2. The molecule has 7 heteroatoms. The van der Waals surface area contributed by atoms with Gasteiger partial charge >= 0.3 is 0 Å². The van der Waals surface area contributed by atoms with E-state index in [1.807, 2.05) is 24.4 Å². The minimum Gasteiger partial charge on any atom is -0.454 e. The van der Waals surface area contributed by atoms with E-state index in [1.165, 1.54) is 0 Å². The molecule has 0 saturated carbocycles. The molecule has 1 aromatic heterocycles. The molecule has 0 aliphatic carbocycles. The van der Waals surface area contributed by atoms with Crippen LogP contribution < -0.4 is 14.8 Å². The number of halogens is 1. The molecule has 0 unspecified atom stereocenters. The highest BCUT2D eigenvalue weighted by Gasteiger charge is 2.18. The Bertz CT molecular complexity index is 892. The van der Waals surface area contributed by atoms with Gasteiger partial charge in [0, 0.05) is 30.1 Å². The molecule has 24 heavy (non-hydrogen) atoms. The summed E-state index contributed by atoms with van der Waals surface area (Å²) in [6, 6.07) is 12.2. The lowest BCUT2D eigenvalue weighted by Crippen LogP contribution is -2.12. The lowest BCUT2D eigenvalue weighted by molar-refractivity contribution is 0.102. The topological polar surface area (TPSA) is 65.4 Å². The Balaban J connectivity index is 1.54. The van der Waals surface area contributed by atoms with Crippen LogP contribution in [-0.2, 0) is 0 Å². The van der Waals surface area contributed by atoms with Crippen molar-refractivity contribution in [2.45, 2.75) is 0 Å². The molecular weight excluding hydrogens is 330 g/mol. The Labute approximate surface area is 142 Å². The highest BCUT2D eigenvalue weighted by molar-refractivity contribution is 6.34. The lowest BCUT2D eigenvalue weighted by atomic mass is 10.2. The summed E-state index contributed by atoms with van der Waals surface area (Å²) < 4.78 is 12.3. The molecule has 6 nitrogen and oxygen atoms in total. The number of ether oxygens (including phenoxy) is 2. The number of fused-ring (bicyclic) bond motifs is 1. The fourth-order valence-corrected chi connectivity index (χ4v) is 2.60. The second kappa shape index (κ2) is 5.90. The van der Waals surface area contributed by atoms with Crippen LogP contribution in [0, 0.1) is 0 Å². The highest BCUT2D eigenvalue weighted by atomic mass is 35.5. The fraction of sp³-hybridized carbons (Fsp3) is 0.0588. The first-order valence-corrected chi connectivity index (χ1v) is 7.59. The van der Waals surface area contributed by atoms with Gasteiger partial charge in [-0.15, -0.1) is 0 Å². The van der Waals surface area contributed by atoms with Crippen molar-refractivity contribution in [1.29, 1.82) is 0 Å². The summed E-state index contributed by atoms with van der Waals surface area (Å²) >= 11 is 6.17. The van der Waals surface area contributed by atoms with Crippen LogP contribution in [0.1, 0.15) is 10.4 Å². The van der Waals surface area contributed by atoms with Gasteiger partial charge in [-0.25, -0.2) is 4.68 Å². The summed E-state index contributed by atoms with van der Waals surface area (Å²) in [7, 11) is 0. The van der Waals surface area contributed by atoms with Crippen LogP contribution in [0.4, 0.5) is 5.69 Å². The van der Waals surface area contributed by atoms with Crippen molar-refractivity contribution in [1.82, 2.24) is 9.78 Å². The first-order valence-electron chi connectivity index (χ1n) is 7.21. The van der Waals surface area contributed by atoms with E-state index < -0.39 is 0 Å². The zero-order valence-corrected chi connectivity index (χ0v) is 13.2. The maximum absolute atomic E-state index is 12.4. The summed E-state index contributed by atoms with van der Waals surface area (Å²) in [4.78, 5) is 12.4.